The number of aromatic nitrogens is 1. The van der Waals surface area contributed by atoms with E-state index in [1.54, 1.807) is 14.2 Å². The summed E-state index contributed by atoms with van der Waals surface area (Å²) in [6.45, 7) is 4.00. The summed E-state index contributed by atoms with van der Waals surface area (Å²) in [4.78, 5) is 20.4. The predicted octanol–water partition coefficient (Wildman–Crippen LogP) is 3.73. The molecule has 6 heteroatoms. The van der Waals surface area contributed by atoms with Gasteiger partial charge in [0.2, 0.25) is 0 Å². The van der Waals surface area contributed by atoms with Crippen molar-refractivity contribution in [2.45, 2.75) is 25.9 Å². The van der Waals surface area contributed by atoms with Crippen molar-refractivity contribution in [2.24, 2.45) is 0 Å². The molecule has 1 aliphatic heterocycles. The van der Waals surface area contributed by atoms with Gasteiger partial charge < -0.3 is 9.30 Å². The fraction of sp³-hybridized carbons (Fsp3) is 0.375. The number of carbonyl (C=O) groups is 1. The zero-order chi connectivity index (χ0) is 21.1. The molecule has 0 bridgehead atoms. The van der Waals surface area contributed by atoms with Crippen LogP contribution in [0.15, 0.2) is 48.7 Å². The van der Waals surface area contributed by atoms with Crippen LogP contribution in [0.2, 0.25) is 0 Å². The molecular weight excluding hydrogens is 378 g/mol. The van der Waals surface area contributed by atoms with E-state index in [0.29, 0.717) is 5.56 Å². The number of hydrogen-bond donors (Lipinski definition) is 0. The molecule has 0 radical (unpaired) electrons. The molecule has 6 nitrogen and oxygen atoms in total. The maximum absolute atomic E-state index is 12.8. The number of hydrogen-bond acceptors (Lipinski definition) is 4. The molecule has 30 heavy (non-hydrogen) atoms. The summed E-state index contributed by atoms with van der Waals surface area (Å²) in [5.74, 6) is 0.573. The Morgan fingerprint density at radius 2 is 1.90 bits per heavy atom. The van der Waals surface area contributed by atoms with Gasteiger partial charge in [0, 0.05) is 50.3 Å². The minimum absolute atomic E-state index is 0.165. The molecule has 2 aromatic carbocycles. The number of aryl methyl sites for hydroxylation is 1. The van der Waals surface area contributed by atoms with E-state index >= 15 is 0 Å². The number of nitrogens with zero attached hydrogens (tertiary/aromatic N) is 3. The maximum atomic E-state index is 12.8. The summed E-state index contributed by atoms with van der Waals surface area (Å²) >= 11 is 0. The molecule has 1 amide bonds. The number of amides is 1. The van der Waals surface area contributed by atoms with E-state index < -0.39 is 0 Å². The van der Waals surface area contributed by atoms with E-state index in [1.807, 2.05) is 24.4 Å². The molecular formula is C24H29N3O3. The smallest absolute Gasteiger partial charge is 0.279 e. The number of hydroxylamine groups is 2. The van der Waals surface area contributed by atoms with Crippen LogP contribution in [0.25, 0.3) is 10.9 Å². The van der Waals surface area contributed by atoms with Gasteiger partial charge in [-0.25, -0.2) is 5.06 Å². The molecule has 0 atom stereocenters. The maximum Gasteiger partial charge on any atom is 0.279 e. The van der Waals surface area contributed by atoms with Crippen molar-refractivity contribution >= 4 is 16.8 Å². The van der Waals surface area contributed by atoms with E-state index in [4.69, 9.17) is 9.57 Å². The third-order valence-corrected chi connectivity index (χ3v) is 5.96. The first kappa shape index (κ1) is 20.4. The van der Waals surface area contributed by atoms with Gasteiger partial charge in [0.1, 0.15) is 5.75 Å². The van der Waals surface area contributed by atoms with Crippen LogP contribution in [0, 0.1) is 0 Å². The minimum Gasteiger partial charge on any atom is -0.497 e. The van der Waals surface area contributed by atoms with Crippen molar-refractivity contribution in [3.63, 3.8) is 0 Å². The highest BCUT2D eigenvalue weighted by atomic mass is 16.7. The molecule has 0 saturated heterocycles. The third kappa shape index (κ3) is 4.06. The van der Waals surface area contributed by atoms with Crippen molar-refractivity contribution < 1.29 is 14.4 Å². The largest absolute Gasteiger partial charge is 0.497 e. The predicted molar refractivity (Wildman–Crippen MR) is 118 cm³/mol. The summed E-state index contributed by atoms with van der Waals surface area (Å²) in [7, 11) is 4.76. The lowest BCUT2D eigenvalue weighted by Crippen LogP contribution is -2.31. The molecule has 3 aromatic rings. The quantitative estimate of drug-likeness (QED) is 0.560. The van der Waals surface area contributed by atoms with Crippen molar-refractivity contribution in [3.8, 4) is 5.75 Å². The highest BCUT2D eigenvalue weighted by Gasteiger charge is 2.20. The van der Waals surface area contributed by atoms with Crippen molar-refractivity contribution in [2.75, 3.05) is 34.4 Å². The number of rotatable bonds is 7. The minimum atomic E-state index is -0.165. The average Bonchev–Trinajstić information content (AvgIpc) is 3.15. The van der Waals surface area contributed by atoms with Gasteiger partial charge in [-0.3, -0.25) is 14.5 Å². The Morgan fingerprint density at radius 1 is 1.10 bits per heavy atom. The molecule has 4 rings (SSSR count). The zero-order valence-electron chi connectivity index (χ0n) is 17.9. The van der Waals surface area contributed by atoms with Gasteiger partial charge in [-0.15, -0.1) is 0 Å². The van der Waals surface area contributed by atoms with E-state index in [0.717, 1.165) is 55.7 Å². The second-order valence-corrected chi connectivity index (χ2v) is 7.75. The summed E-state index contributed by atoms with van der Waals surface area (Å²) in [6, 6.07) is 14.6. The van der Waals surface area contributed by atoms with Crippen LogP contribution in [-0.4, -0.2) is 54.8 Å². The molecule has 0 spiro atoms. The molecule has 0 aliphatic carbocycles. The lowest BCUT2D eigenvalue weighted by Gasteiger charge is -2.28. The van der Waals surface area contributed by atoms with Crippen molar-refractivity contribution in [3.05, 3.63) is 65.4 Å². The monoisotopic (exact) mass is 407 g/mol. The molecule has 2 heterocycles. The first-order valence-corrected chi connectivity index (χ1v) is 10.4. The van der Waals surface area contributed by atoms with Crippen LogP contribution < -0.4 is 4.74 Å². The first-order valence-electron chi connectivity index (χ1n) is 10.4. The SMILES string of the molecule is COc1ccc2c(c1)c(C(=O)N(C)OC)cn2CCCN1CCc2ccccc2C1. The van der Waals surface area contributed by atoms with Crippen LogP contribution in [0.1, 0.15) is 27.9 Å². The fourth-order valence-electron chi connectivity index (χ4n) is 4.22. The molecule has 0 unspecified atom stereocenters. The Bertz CT molecular complexity index is 1040. The number of methoxy groups -OCH3 is 1. The van der Waals surface area contributed by atoms with E-state index in [1.165, 1.54) is 23.3 Å². The summed E-state index contributed by atoms with van der Waals surface area (Å²) in [6.07, 6.45) is 4.07. The summed E-state index contributed by atoms with van der Waals surface area (Å²) < 4.78 is 7.54. The highest BCUT2D eigenvalue weighted by molar-refractivity contribution is 6.06. The van der Waals surface area contributed by atoms with Crippen LogP contribution in [-0.2, 0) is 24.3 Å². The number of benzene rings is 2. The van der Waals surface area contributed by atoms with Crippen LogP contribution in [0.5, 0.6) is 5.75 Å². The lowest BCUT2D eigenvalue weighted by molar-refractivity contribution is -0.0755. The Labute approximate surface area is 177 Å². The van der Waals surface area contributed by atoms with E-state index in [9.17, 15) is 4.79 Å². The van der Waals surface area contributed by atoms with Gasteiger partial charge in [-0.05, 0) is 42.2 Å². The second-order valence-electron chi connectivity index (χ2n) is 7.75. The normalized spacial score (nSPS) is 14.0. The van der Waals surface area contributed by atoms with Gasteiger partial charge in [-0.2, -0.15) is 0 Å². The van der Waals surface area contributed by atoms with Gasteiger partial charge in [-0.1, -0.05) is 24.3 Å². The second kappa shape index (κ2) is 8.90. The van der Waals surface area contributed by atoms with Crippen molar-refractivity contribution in [1.29, 1.82) is 0 Å². The van der Waals surface area contributed by atoms with Crippen LogP contribution >= 0.6 is 0 Å². The van der Waals surface area contributed by atoms with Crippen LogP contribution in [0.4, 0.5) is 0 Å². The Hall–Kier alpha value is -2.83. The first-order chi connectivity index (χ1) is 14.6. The van der Waals surface area contributed by atoms with Gasteiger partial charge in [0.05, 0.1) is 19.8 Å². The van der Waals surface area contributed by atoms with E-state index in [2.05, 4.69) is 33.7 Å². The molecule has 0 N–H and O–H groups in total. The molecule has 0 saturated carbocycles. The van der Waals surface area contributed by atoms with Gasteiger partial charge >= 0.3 is 0 Å². The fourth-order valence-corrected chi connectivity index (χ4v) is 4.22. The topological polar surface area (TPSA) is 46.9 Å². The van der Waals surface area contributed by atoms with Gasteiger partial charge in [0.15, 0.2) is 0 Å². The third-order valence-electron chi connectivity index (χ3n) is 5.96. The molecule has 0 fully saturated rings. The van der Waals surface area contributed by atoms with E-state index in [-0.39, 0.29) is 5.91 Å². The molecule has 158 valence electrons. The number of fused-ring (bicyclic) bond motifs is 2. The Morgan fingerprint density at radius 3 is 2.67 bits per heavy atom. The van der Waals surface area contributed by atoms with Crippen LogP contribution in [0.3, 0.4) is 0 Å². The summed E-state index contributed by atoms with van der Waals surface area (Å²) in [5.41, 5.74) is 4.58. The zero-order valence-corrected chi connectivity index (χ0v) is 17.9. The Balaban J connectivity index is 1.49. The average molecular weight is 408 g/mol. The standard InChI is InChI=1S/C24H29N3O3/c1-25(30-3)24(28)22-17-27(23-10-9-20(29-2)15-21(22)23)13-6-12-26-14-11-18-7-4-5-8-19(18)16-26/h4-5,7-10,15,17H,6,11-14,16H2,1-3H3. The lowest BCUT2D eigenvalue weighted by atomic mass is 10.00. The number of ether oxygens (including phenoxy) is 1. The molecule has 1 aromatic heterocycles. The number of carbonyl (C=O) groups excluding carboxylic acids is 1. The summed E-state index contributed by atoms with van der Waals surface area (Å²) in [5, 5.41) is 2.14. The highest BCUT2D eigenvalue weighted by Crippen LogP contribution is 2.27. The van der Waals surface area contributed by atoms with Gasteiger partial charge in [0.25, 0.3) is 5.91 Å². The molecule has 1 aliphatic rings. The Kier molecular flexibility index (Phi) is 6.06. The van der Waals surface area contributed by atoms with Crippen molar-refractivity contribution in [1.82, 2.24) is 14.5 Å².